The summed E-state index contributed by atoms with van der Waals surface area (Å²) < 4.78 is 5.57. The molecule has 0 spiro atoms. The highest BCUT2D eigenvalue weighted by Gasteiger charge is 2.08. The van der Waals surface area contributed by atoms with Gasteiger partial charge in [0.1, 0.15) is 5.75 Å². The molecule has 1 N–H and O–H groups in total. The Morgan fingerprint density at radius 1 is 1.12 bits per heavy atom. The number of carbonyl (C=O) groups is 2. The van der Waals surface area contributed by atoms with Gasteiger partial charge in [0.05, 0.1) is 17.4 Å². The van der Waals surface area contributed by atoms with E-state index >= 15 is 0 Å². The lowest BCUT2D eigenvalue weighted by molar-refractivity contribution is -0.113. The molecule has 5 nitrogen and oxygen atoms in total. The van der Waals surface area contributed by atoms with E-state index in [4.69, 9.17) is 16.3 Å². The van der Waals surface area contributed by atoms with Crippen LogP contribution in [0.2, 0.25) is 5.02 Å². The van der Waals surface area contributed by atoms with E-state index < -0.39 is 0 Å². The summed E-state index contributed by atoms with van der Waals surface area (Å²) in [5.74, 6) is 1.47. The first-order chi connectivity index (χ1) is 12.5. The molecule has 2 rings (SSSR count). The summed E-state index contributed by atoms with van der Waals surface area (Å²) in [6, 6.07) is 14.1. The minimum Gasteiger partial charge on any atom is -0.491 e. The molecule has 0 aliphatic rings. The van der Waals surface area contributed by atoms with Gasteiger partial charge < -0.3 is 15.0 Å². The molecule has 138 valence electrons. The number of amides is 2. The van der Waals surface area contributed by atoms with E-state index in [-0.39, 0.29) is 11.8 Å². The Balaban J connectivity index is 1.69. The second-order valence-corrected chi connectivity index (χ2v) is 7.17. The molecular weight excluding hydrogens is 372 g/mol. The summed E-state index contributed by atoms with van der Waals surface area (Å²) in [6.07, 6.45) is 0. The monoisotopic (exact) mass is 392 g/mol. The zero-order valence-electron chi connectivity index (χ0n) is 14.7. The summed E-state index contributed by atoms with van der Waals surface area (Å²) in [5, 5.41) is 3.38. The highest BCUT2D eigenvalue weighted by atomic mass is 35.5. The number of hydrogen-bond acceptors (Lipinski definition) is 4. The Morgan fingerprint density at radius 3 is 2.46 bits per heavy atom. The van der Waals surface area contributed by atoms with Crippen molar-refractivity contribution in [2.24, 2.45) is 0 Å². The summed E-state index contributed by atoms with van der Waals surface area (Å²) in [4.78, 5) is 25.3. The Hall–Kier alpha value is -2.18. The molecule has 26 heavy (non-hydrogen) atoms. The number of hydrogen-bond donors (Lipinski definition) is 1. The lowest BCUT2D eigenvalue weighted by Crippen LogP contribution is -2.21. The van der Waals surface area contributed by atoms with Crippen molar-refractivity contribution >= 4 is 40.9 Å². The first kappa shape index (κ1) is 20.1. The van der Waals surface area contributed by atoms with Crippen LogP contribution < -0.4 is 10.1 Å². The van der Waals surface area contributed by atoms with Crippen molar-refractivity contribution in [2.45, 2.75) is 0 Å². The number of rotatable bonds is 8. The number of anilines is 1. The van der Waals surface area contributed by atoms with Gasteiger partial charge in [-0.3, -0.25) is 9.59 Å². The zero-order chi connectivity index (χ0) is 18.9. The molecule has 0 saturated carbocycles. The first-order valence-electron chi connectivity index (χ1n) is 8.04. The predicted octanol–water partition coefficient (Wildman–Crippen LogP) is 3.79. The quantitative estimate of drug-likeness (QED) is 0.694. The lowest BCUT2D eigenvalue weighted by atomic mass is 10.2. The number of halogens is 1. The van der Waals surface area contributed by atoms with Crippen LogP contribution in [0.4, 0.5) is 5.69 Å². The normalized spacial score (nSPS) is 10.3. The van der Waals surface area contributed by atoms with Gasteiger partial charge in [0.25, 0.3) is 5.91 Å². The average molecular weight is 393 g/mol. The average Bonchev–Trinajstić information content (AvgIpc) is 2.63. The topological polar surface area (TPSA) is 58.6 Å². The van der Waals surface area contributed by atoms with Crippen LogP contribution in [0.1, 0.15) is 10.4 Å². The smallest absolute Gasteiger partial charge is 0.253 e. The maximum absolute atomic E-state index is 12.0. The fourth-order valence-corrected chi connectivity index (χ4v) is 2.88. The van der Waals surface area contributed by atoms with Crippen molar-refractivity contribution in [3.8, 4) is 5.75 Å². The summed E-state index contributed by atoms with van der Waals surface area (Å²) in [6.45, 7) is 0.475. The zero-order valence-corrected chi connectivity index (χ0v) is 16.3. The fourth-order valence-electron chi connectivity index (χ4n) is 2.09. The van der Waals surface area contributed by atoms with Gasteiger partial charge in [-0.1, -0.05) is 23.7 Å². The van der Waals surface area contributed by atoms with Crippen LogP contribution in [0.3, 0.4) is 0 Å². The highest BCUT2D eigenvalue weighted by molar-refractivity contribution is 7.99. The molecule has 0 aliphatic heterocycles. The fraction of sp³-hybridized carbons (Fsp3) is 0.263. The van der Waals surface area contributed by atoms with Gasteiger partial charge in [-0.05, 0) is 36.4 Å². The number of nitrogens with zero attached hydrogens (tertiary/aromatic N) is 1. The largest absolute Gasteiger partial charge is 0.491 e. The number of para-hydroxylation sites is 1. The second-order valence-electron chi connectivity index (χ2n) is 5.66. The number of carbonyl (C=O) groups excluding carboxylic acids is 2. The SMILES string of the molecule is CN(C)C(=O)c1ccc(NC(=O)CSCCOc2ccccc2Cl)cc1. The Morgan fingerprint density at radius 2 is 1.81 bits per heavy atom. The Kier molecular flexibility index (Phi) is 7.81. The van der Waals surface area contributed by atoms with Crippen LogP contribution in [0.25, 0.3) is 0 Å². The van der Waals surface area contributed by atoms with Gasteiger partial charge in [0, 0.05) is 31.1 Å². The standard InChI is InChI=1S/C19H21ClN2O3S/c1-22(2)19(24)14-7-9-15(10-8-14)21-18(23)13-26-12-11-25-17-6-4-3-5-16(17)20/h3-10H,11-13H2,1-2H3,(H,21,23). The van der Waals surface area contributed by atoms with Crippen molar-refractivity contribution in [2.75, 3.05) is 37.5 Å². The maximum atomic E-state index is 12.0. The van der Waals surface area contributed by atoms with Crippen molar-refractivity contribution in [3.63, 3.8) is 0 Å². The van der Waals surface area contributed by atoms with Gasteiger partial charge in [-0.2, -0.15) is 0 Å². The summed E-state index contributed by atoms with van der Waals surface area (Å²) in [5.41, 5.74) is 1.25. The molecule has 0 unspecified atom stereocenters. The first-order valence-corrected chi connectivity index (χ1v) is 9.57. The van der Waals surface area contributed by atoms with Crippen molar-refractivity contribution in [1.82, 2.24) is 4.90 Å². The second kappa shape index (κ2) is 10.1. The van der Waals surface area contributed by atoms with E-state index in [1.54, 1.807) is 44.4 Å². The van der Waals surface area contributed by atoms with Crippen LogP contribution in [-0.2, 0) is 4.79 Å². The minimum atomic E-state index is -0.0978. The van der Waals surface area contributed by atoms with Gasteiger partial charge in [-0.25, -0.2) is 0 Å². The van der Waals surface area contributed by atoms with E-state index in [0.717, 1.165) is 0 Å². The van der Waals surface area contributed by atoms with Gasteiger partial charge in [-0.15, -0.1) is 11.8 Å². The van der Waals surface area contributed by atoms with Crippen LogP contribution in [0, 0.1) is 0 Å². The third-order valence-corrected chi connectivity index (χ3v) is 4.61. The number of benzene rings is 2. The molecule has 0 fully saturated rings. The van der Waals surface area contributed by atoms with Crippen molar-refractivity contribution in [3.05, 3.63) is 59.1 Å². The Bertz CT molecular complexity index is 751. The van der Waals surface area contributed by atoms with Crippen molar-refractivity contribution in [1.29, 1.82) is 0 Å². The molecule has 0 atom stereocenters. The molecule has 0 heterocycles. The summed E-state index contributed by atoms with van der Waals surface area (Å²) >= 11 is 7.48. The summed E-state index contributed by atoms with van der Waals surface area (Å²) in [7, 11) is 3.40. The van der Waals surface area contributed by atoms with Gasteiger partial charge in [0.15, 0.2) is 0 Å². The third-order valence-electron chi connectivity index (χ3n) is 3.38. The van der Waals surface area contributed by atoms with Crippen molar-refractivity contribution < 1.29 is 14.3 Å². The number of ether oxygens (including phenoxy) is 1. The molecule has 0 radical (unpaired) electrons. The van der Waals surface area contributed by atoms with Crippen LogP contribution >= 0.6 is 23.4 Å². The van der Waals surface area contributed by atoms with E-state index in [2.05, 4.69) is 5.32 Å². The molecule has 2 aromatic rings. The van der Waals surface area contributed by atoms with E-state index in [9.17, 15) is 9.59 Å². The van der Waals surface area contributed by atoms with E-state index in [1.165, 1.54) is 16.7 Å². The van der Waals surface area contributed by atoms with Crippen LogP contribution in [-0.4, -0.2) is 48.9 Å². The van der Waals surface area contributed by atoms with E-state index in [1.807, 2.05) is 18.2 Å². The lowest BCUT2D eigenvalue weighted by Gasteiger charge is -2.11. The minimum absolute atomic E-state index is 0.0723. The van der Waals surface area contributed by atoms with Crippen LogP contribution in [0.15, 0.2) is 48.5 Å². The van der Waals surface area contributed by atoms with Gasteiger partial charge in [0.2, 0.25) is 5.91 Å². The molecule has 2 amide bonds. The van der Waals surface area contributed by atoms with E-state index in [0.29, 0.717) is 40.1 Å². The maximum Gasteiger partial charge on any atom is 0.253 e. The number of nitrogens with one attached hydrogen (secondary N) is 1. The number of thioether (sulfide) groups is 1. The molecular formula is C19H21ClN2O3S. The molecule has 0 aliphatic carbocycles. The predicted molar refractivity (Wildman–Crippen MR) is 107 cm³/mol. The molecule has 2 aromatic carbocycles. The van der Waals surface area contributed by atoms with Gasteiger partial charge >= 0.3 is 0 Å². The Labute approximate surface area is 162 Å². The molecule has 0 aromatic heterocycles. The van der Waals surface area contributed by atoms with Crippen LogP contribution in [0.5, 0.6) is 5.75 Å². The molecule has 0 bridgehead atoms. The third kappa shape index (κ3) is 6.28. The molecule has 7 heteroatoms. The highest BCUT2D eigenvalue weighted by Crippen LogP contribution is 2.23. The molecule has 0 saturated heterocycles.